The molecule has 44 heavy (non-hydrogen) atoms. The fraction of sp³-hybridized carbons (Fsp3) is 0.419. The average molecular weight is 688 g/mol. The molecule has 2 aromatic carbocycles. The molecule has 6 nitrogen and oxygen atoms in total. The number of imide groups is 1. The number of hydrogen-bond donors (Lipinski definition) is 1. The van der Waals surface area contributed by atoms with E-state index >= 15 is 0 Å². The maximum Gasteiger partial charge on any atom is 0.416 e. The number of hydrogen-bond acceptors (Lipinski definition) is 5. The second kappa shape index (κ2) is 12.0. The average Bonchev–Trinajstić information content (AvgIpc) is 3.47. The Morgan fingerprint density at radius 2 is 1.70 bits per heavy atom. The van der Waals surface area contributed by atoms with Crippen molar-refractivity contribution in [2.75, 3.05) is 25.2 Å². The van der Waals surface area contributed by atoms with E-state index in [2.05, 4.69) is 15.9 Å². The maximum atomic E-state index is 13.7. The van der Waals surface area contributed by atoms with E-state index in [1.54, 1.807) is 18.2 Å². The molecular formula is C31H28BrF6NO5. The zero-order valence-electron chi connectivity index (χ0n) is 23.6. The SMILES string of the molecule is COCC1=C2[C@@H](CC/C(C)=C/c3cc(Br)ccc3O)OC[C@@H]2[C@@H]2C(=O)N(c3cc(C(F)(F)F)cc(C(F)(F)F)c3)C(=O)[C@@H]2C1. The van der Waals surface area contributed by atoms with E-state index in [0.29, 0.717) is 35.4 Å². The molecule has 0 spiro atoms. The van der Waals surface area contributed by atoms with Gasteiger partial charge < -0.3 is 14.6 Å². The molecule has 3 aliphatic rings. The number of ether oxygens (including phenoxy) is 2. The number of methoxy groups -OCH3 is 1. The topological polar surface area (TPSA) is 76.1 Å². The highest BCUT2D eigenvalue weighted by Crippen LogP contribution is 2.51. The number of phenols is 1. The molecule has 0 aromatic heterocycles. The number of alkyl halides is 6. The summed E-state index contributed by atoms with van der Waals surface area (Å²) in [5.41, 5.74) is -0.902. The van der Waals surface area contributed by atoms with Gasteiger partial charge in [-0.2, -0.15) is 26.3 Å². The summed E-state index contributed by atoms with van der Waals surface area (Å²) in [4.78, 5) is 27.7. The summed E-state index contributed by atoms with van der Waals surface area (Å²) >= 11 is 3.38. The first-order valence-corrected chi connectivity index (χ1v) is 14.5. The lowest BCUT2D eigenvalue weighted by Gasteiger charge is -2.31. The Labute approximate surface area is 257 Å². The molecule has 2 aromatic rings. The lowest BCUT2D eigenvalue weighted by Crippen LogP contribution is -2.35. The number of allylic oxidation sites excluding steroid dienone is 1. The number of carbonyl (C=O) groups is 2. The number of benzene rings is 2. The number of carbonyl (C=O) groups excluding carboxylic acids is 2. The lowest BCUT2D eigenvalue weighted by molar-refractivity contribution is -0.143. The van der Waals surface area contributed by atoms with Gasteiger partial charge in [0.2, 0.25) is 11.8 Å². The zero-order valence-corrected chi connectivity index (χ0v) is 25.1. The second-order valence-corrected chi connectivity index (χ2v) is 12.2. The Morgan fingerprint density at radius 3 is 2.32 bits per heavy atom. The van der Waals surface area contributed by atoms with Crippen LogP contribution in [-0.4, -0.2) is 43.3 Å². The first-order chi connectivity index (χ1) is 20.6. The molecule has 13 heteroatoms. The molecule has 2 aliphatic heterocycles. The van der Waals surface area contributed by atoms with Crippen LogP contribution in [-0.2, 0) is 31.4 Å². The number of rotatable bonds is 7. The number of halogens is 7. The van der Waals surface area contributed by atoms with E-state index < -0.39 is 64.8 Å². The highest BCUT2D eigenvalue weighted by atomic mass is 79.9. The van der Waals surface area contributed by atoms with Crippen LogP contribution in [0, 0.1) is 17.8 Å². The number of nitrogens with zero attached hydrogens (tertiary/aromatic N) is 1. The fourth-order valence-electron chi connectivity index (χ4n) is 6.44. The van der Waals surface area contributed by atoms with E-state index in [0.717, 1.165) is 21.2 Å². The normalized spacial score (nSPS) is 24.3. The van der Waals surface area contributed by atoms with Crippen molar-refractivity contribution in [1.82, 2.24) is 0 Å². The van der Waals surface area contributed by atoms with Gasteiger partial charge in [-0.25, -0.2) is 4.90 Å². The predicted octanol–water partition coefficient (Wildman–Crippen LogP) is 7.54. The molecule has 5 rings (SSSR count). The van der Waals surface area contributed by atoms with Crippen LogP contribution >= 0.6 is 15.9 Å². The molecular weight excluding hydrogens is 660 g/mol. The summed E-state index contributed by atoms with van der Waals surface area (Å²) in [5, 5.41) is 10.2. The Bertz CT molecular complexity index is 1520. The van der Waals surface area contributed by atoms with Crippen LogP contribution in [0.2, 0.25) is 0 Å². The highest BCUT2D eigenvalue weighted by molar-refractivity contribution is 9.10. The zero-order chi connectivity index (χ0) is 32.1. The van der Waals surface area contributed by atoms with Gasteiger partial charge in [-0.3, -0.25) is 9.59 Å². The lowest BCUT2D eigenvalue weighted by atomic mass is 9.69. The summed E-state index contributed by atoms with van der Waals surface area (Å²) < 4.78 is 93.6. The van der Waals surface area contributed by atoms with Crippen LogP contribution in [0.3, 0.4) is 0 Å². The number of aromatic hydroxyl groups is 1. The van der Waals surface area contributed by atoms with Crippen molar-refractivity contribution in [1.29, 1.82) is 0 Å². The third kappa shape index (κ3) is 6.18. The van der Waals surface area contributed by atoms with Crippen LogP contribution < -0.4 is 4.90 Å². The Hall–Kier alpha value is -3.16. The molecule has 0 radical (unpaired) electrons. The van der Waals surface area contributed by atoms with Gasteiger partial charge in [0.1, 0.15) is 5.75 Å². The van der Waals surface area contributed by atoms with Gasteiger partial charge in [0.25, 0.3) is 0 Å². The molecule has 1 aliphatic carbocycles. The molecule has 2 amide bonds. The highest BCUT2D eigenvalue weighted by Gasteiger charge is 2.57. The van der Waals surface area contributed by atoms with Gasteiger partial charge in [0.15, 0.2) is 0 Å². The molecule has 0 bridgehead atoms. The van der Waals surface area contributed by atoms with Crippen molar-refractivity contribution < 1.29 is 50.5 Å². The number of amides is 2. The molecule has 2 saturated heterocycles. The third-order valence-electron chi connectivity index (χ3n) is 8.35. The van der Waals surface area contributed by atoms with Gasteiger partial charge in [-0.15, -0.1) is 0 Å². The van der Waals surface area contributed by atoms with Crippen molar-refractivity contribution in [3.63, 3.8) is 0 Å². The van der Waals surface area contributed by atoms with E-state index in [9.17, 15) is 41.0 Å². The summed E-state index contributed by atoms with van der Waals surface area (Å²) in [6.07, 6.45) is -7.74. The molecule has 4 atom stereocenters. The minimum Gasteiger partial charge on any atom is -0.507 e. The second-order valence-electron chi connectivity index (χ2n) is 11.3. The van der Waals surface area contributed by atoms with Crippen LogP contribution in [0.25, 0.3) is 6.08 Å². The van der Waals surface area contributed by atoms with Crippen molar-refractivity contribution in [2.45, 2.75) is 44.6 Å². The third-order valence-corrected chi connectivity index (χ3v) is 8.84. The predicted molar refractivity (Wildman–Crippen MR) is 151 cm³/mol. The van der Waals surface area contributed by atoms with Crippen molar-refractivity contribution in [3.05, 3.63) is 74.3 Å². The van der Waals surface area contributed by atoms with Gasteiger partial charge in [-0.05, 0) is 73.7 Å². The Balaban J connectivity index is 1.43. The summed E-state index contributed by atoms with van der Waals surface area (Å²) in [6.45, 7) is 2.08. The van der Waals surface area contributed by atoms with E-state index in [1.807, 2.05) is 13.0 Å². The van der Waals surface area contributed by atoms with Crippen molar-refractivity contribution in [3.8, 4) is 5.75 Å². The van der Waals surface area contributed by atoms with Crippen LogP contribution in [0.5, 0.6) is 5.75 Å². The van der Waals surface area contributed by atoms with Crippen molar-refractivity contribution in [2.24, 2.45) is 17.8 Å². The van der Waals surface area contributed by atoms with Gasteiger partial charge in [0.05, 0.1) is 48.0 Å². The monoisotopic (exact) mass is 687 g/mol. The summed E-state index contributed by atoms with van der Waals surface area (Å²) in [7, 11) is 1.46. The quantitative estimate of drug-likeness (QED) is 0.185. The molecule has 2 heterocycles. The molecule has 236 valence electrons. The number of fused-ring (bicyclic) bond motifs is 3. The minimum atomic E-state index is -5.14. The van der Waals surface area contributed by atoms with Crippen LogP contribution in [0.15, 0.2) is 57.6 Å². The van der Waals surface area contributed by atoms with E-state index in [-0.39, 0.29) is 31.5 Å². The number of anilines is 1. The fourth-order valence-corrected chi connectivity index (χ4v) is 6.82. The standard InChI is InChI=1S/C31H28BrF6NO5/c1-15(7-16-8-20(32)4-5-24(16)40)3-6-25-26-17(13-43-2)9-22-27(23(26)14-44-25)29(42)39(28(22)41)21-11-18(30(33,34)35)10-19(12-21)31(36,37)38/h4-5,7-8,10-12,22-23,25,27,40H,3,6,9,13-14H2,1-2H3/b15-7+/t22-,23+,25-,27-/m1/s1. The number of phenolic OH excluding ortho intramolecular Hbond substituents is 1. The molecule has 0 unspecified atom stereocenters. The van der Waals surface area contributed by atoms with Gasteiger partial charge in [-0.1, -0.05) is 27.6 Å². The van der Waals surface area contributed by atoms with E-state index in [4.69, 9.17) is 9.47 Å². The summed E-state index contributed by atoms with van der Waals surface area (Å²) in [5.74, 6) is -4.15. The van der Waals surface area contributed by atoms with Gasteiger partial charge >= 0.3 is 12.4 Å². The van der Waals surface area contributed by atoms with Crippen LogP contribution in [0.4, 0.5) is 32.0 Å². The molecule has 1 N–H and O–H groups in total. The Morgan fingerprint density at radius 1 is 1.05 bits per heavy atom. The minimum absolute atomic E-state index is 0.0399. The van der Waals surface area contributed by atoms with Gasteiger partial charge in [0, 0.05) is 23.1 Å². The van der Waals surface area contributed by atoms with E-state index in [1.165, 1.54) is 7.11 Å². The Kier molecular flexibility index (Phi) is 8.78. The molecule has 0 saturated carbocycles. The van der Waals surface area contributed by atoms with Crippen LogP contribution in [0.1, 0.15) is 42.9 Å². The van der Waals surface area contributed by atoms with Crippen molar-refractivity contribution >= 4 is 39.5 Å². The maximum absolute atomic E-state index is 13.7. The largest absolute Gasteiger partial charge is 0.507 e. The first-order valence-electron chi connectivity index (χ1n) is 13.8. The smallest absolute Gasteiger partial charge is 0.416 e. The first kappa shape index (κ1) is 32.2. The summed E-state index contributed by atoms with van der Waals surface area (Å²) in [6, 6.07) is 5.82. The molecule has 2 fully saturated rings.